The van der Waals surface area contributed by atoms with Crippen LogP contribution in [0, 0.1) is 17.5 Å². The average molecular weight is 205 g/mol. The molecule has 6 heteroatoms. The topological polar surface area (TPSA) is 63.3 Å². The van der Waals surface area contributed by atoms with E-state index in [9.17, 15) is 18.0 Å². The minimum atomic E-state index is -1.95. The number of carbonyl (C=O) groups is 1. The first kappa shape index (κ1) is 10.7. The van der Waals surface area contributed by atoms with Crippen molar-refractivity contribution in [2.75, 3.05) is 0 Å². The molecule has 14 heavy (non-hydrogen) atoms. The Bertz CT molecular complexity index is 379. The lowest BCUT2D eigenvalue weighted by Crippen LogP contribution is -2.30. The molecule has 0 saturated carbocycles. The lowest BCUT2D eigenvalue weighted by atomic mass is 10.1. The number of hydrogen-bond acceptors (Lipinski definition) is 3. The van der Waals surface area contributed by atoms with Crippen LogP contribution < -0.4 is 5.73 Å². The standard InChI is InChI=1S/C8H6F3NO2/c9-4-2-6(11)5(10)1-3(4)7(13)8(12)14/h1-2,8,14H,12H2. The summed E-state index contributed by atoms with van der Waals surface area (Å²) in [6, 6.07) is 0.564. The third-order valence-electron chi connectivity index (χ3n) is 1.54. The number of nitrogens with two attached hydrogens (primary N) is 1. The number of aliphatic hydroxyl groups is 1. The average Bonchev–Trinajstić information content (AvgIpc) is 2.10. The summed E-state index contributed by atoms with van der Waals surface area (Å²) in [6.07, 6.45) is -1.95. The molecule has 0 amide bonds. The maximum Gasteiger partial charge on any atom is 0.208 e. The molecule has 0 aliphatic rings. The van der Waals surface area contributed by atoms with Gasteiger partial charge in [-0.3, -0.25) is 10.5 Å². The van der Waals surface area contributed by atoms with Crippen molar-refractivity contribution in [1.82, 2.24) is 0 Å². The zero-order valence-corrected chi connectivity index (χ0v) is 6.80. The summed E-state index contributed by atoms with van der Waals surface area (Å²) in [5.74, 6) is -5.26. The number of carbonyl (C=O) groups excluding carboxylic acids is 1. The van der Waals surface area contributed by atoms with Gasteiger partial charge in [-0.2, -0.15) is 0 Å². The van der Waals surface area contributed by atoms with Gasteiger partial charge in [0.05, 0.1) is 5.56 Å². The Balaban J connectivity index is 3.22. The minimum absolute atomic E-state index is 0.213. The molecule has 1 rings (SSSR count). The molecule has 0 heterocycles. The van der Waals surface area contributed by atoms with Gasteiger partial charge in [0.1, 0.15) is 5.82 Å². The summed E-state index contributed by atoms with van der Waals surface area (Å²) in [5, 5.41) is 8.60. The molecule has 76 valence electrons. The molecule has 0 bridgehead atoms. The van der Waals surface area contributed by atoms with Gasteiger partial charge >= 0.3 is 0 Å². The fourth-order valence-electron chi connectivity index (χ4n) is 0.871. The van der Waals surface area contributed by atoms with Crippen molar-refractivity contribution >= 4 is 5.78 Å². The Morgan fingerprint density at radius 3 is 2.21 bits per heavy atom. The summed E-state index contributed by atoms with van der Waals surface area (Å²) < 4.78 is 37.8. The quantitative estimate of drug-likeness (QED) is 0.421. The van der Waals surface area contributed by atoms with Crippen LogP contribution in [0.4, 0.5) is 13.2 Å². The van der Waals surface area contributed by atoms with Gasteiger partial charge in [-0.15, -0.1) is 0 Å². The van der Waals surface area contributed by atoms with Crippen LogP contribution in [0.3, 0.4) is 0 Å². The van der Waals surface area contributed by atoms with Gasteiger partial charge in [0.15, 0.2) is 17.9 Å². The highest BCUT2D eigenvalue weighted by Crippen LogP contribution is 2.14. The van der Waals surface area contributed by atoms with Crippen LogP contribution in [0.15, 0.2) is 12.1 Å². The van der Waals surface area contributed by atoms with Gasteiger partial charge < -0.3 is 5.11 Å². The first-order valence-corrected chi connectivity index (χ1v) is 3.56. The number of hydrogen-bond donors (Lipinski definition) is 2. The minimum Gasteiger partial charge on any atom is -0.371 e. The summed E-state index contributed by atoms with van der Waals surface area (Å²) in [4.78, 5) is 10.9. The molecule has 3 N–H and O–H groups in total. The van der Waals surface area contributed by atoms with Crippen molar-refractivity contribution in [2.24, 2.45) is 5.73 Å². The summed E-state index contributed by atoms with van der Waals surface area (Å²) >= 11 is 0. The van der Waals surface area contributed by atoms with Crippen LogP contribution >= 0.6 is 0 Å². The SMILES string of the molecule is NC(O)C(=O)c1cc(F)c(F)cc1F. The highest BCUT2D eigenvalue weighted by molar-refractivity contribution is 5.99. The third kappa shape index (κ3) is 1.91. The van der Waals surface area contributed by atoms with Crippen molar-refractivity contribution in [1.29, 1.82) is 0 Å². The fraction of sp³-hybridized carbons (Fsp3) is 0.125. The van der Waals surface area contributed by atoms with Crippen molar-refractivity contribution in [3.8, 4) is 0 Å². The molecule has 0 aliphatic carbocycles. The highest BCUT2D eigenvalue weighted by Gasteiger charge is 2.19. The normalized spacial score (nSPS) is 12.6. The molecular weight excluding hydrogens is 199 g/mol. The fourth-order valence-corrected chi connectivity index (χ4v) is 0.871. The van der Waals surface area contributed by atoms with Crippen LogP contribution in [-0.4, -0.2) is 17.1 Å². The van der Waals surface area contributed by atoms with Crippen LogP contribution in [0.25, 0.3) is 0 Å². The third-order valence-corrected chi connectivity index (χ3v) is 1.54. The van der Waals surface area contributed by atoms with Crippen LogP contribution in [0.5, 0.6) is 0 Å². The predicted octanol–water partition coefficient (Wildman–Crippen LogP) is 0.564. The molecule has 1 aromatic rings. The van der Waals surface area contributed by atoms with E-state index in [-0.39, 0.29) is 6.07 Å². The molecule has 0 aromatic heterocycles. The smallest absolute Gasteiger partial charge is 0.208 e. The molecular formula is C8H6F3NO2. The second-order valence-electron chi connectivity index (χ2n) is 2.56. The largest absolute Gasteiger partial charge is 0.371 e. The molecule has 1 unspecified atom stereocenters. The Morgan fingerprint density at radius 1 is 1.21 bits per heavy atom. The lowest BCUT2D eigenvalue weighted by Gasteiger charge is -2.05. The zero-order valence-electron chi connectivity index (χ0n) is 6.80. The van der Waals surface area contributed by atoms with E-state index in [2.05, 4.69) is 0 Å². The Hall–Kier alpha value is -1.40. The Kier molecular flexibility index (Phi) is 2.87. The van der Waals surface area contributed by atoms with E-state index in [0.717, 1.165) is 0 Å². The van der Waals surface area contributed by atoms with Gasteiger partial charge in [-0.05, 0) is 6.07 Å². The number of aliphatic hydroxyl groups excluding tert-OH is 1. The van der Waals surface area contributed by atoms with Gasteiger partial charge in [0, 0.05) is 6.07 Å². The molecule has 0 saturated heterocycles. The van der Waals surface area contributed by atoms with Gasteiger partial charge in [-0.25, -0.2) is 13.2 Å². The molecule has 0 spiro atoms. The van der Waals surface area contributed by atoms with Crippen molar-refractivity contribution in [2.45, 2.75) is 6.23 Å². The number of halogens is 3. The van der Waals surface area contributed by atoms with Crippen LogP contribution in [0.1, 0.15) is 10.4 Å². The van der Waals surface area contributed by atoms with E-state index in [1.807, 2.05) is 0 Å². The van der Waals surface area contributed by atoms with E-state index in [4.69, 9.17) is 10.8 Å². The predicted molar refractivity (Wildman–Crippen MR) is 40.8 cm³/mol. The Morgan fingerprint density at radius 2 is 1.71 bits per heavy atom. The number of Topliss-reactive ketones (excluding diaryl/α,β-unsaturated/α-hetero) is 1. The van der Waals surface area contributed by atoms with E-state index in [1.165, 1.54) is 0 Å². The van der Waals surface area contributed by atoms with Crippen molar-refractivity contribution in [3.05, 3.63) is 35.1 Å². The van der Waals surface area contributed by atoms with Gasteiger partial charge in [-0.1, -0.05) is 0 Å². The first-order valence-electron chi connectivity index (χ1n) is 3.56. The molecule has 0 radical (unpaired) electrons. The van der Waals surface area contributed by atoms with E-state index >= 15 is 0 Å². The lowest BCUT2D eigenvalue weighted by molar-refractivity contribution is 0.0754. The van der Waals surface area contributed by atoms with Crippen molar-refractivity contribution in [3.63, 3.8) is 0 Å². The van der Waals surface area contributed by atoms with E-state index in [0.29, 0.717) is 6.07 Å². The number of ketones is 1. The number of benzene rings is 1. The molecule has 0 fully saturated rings. The summed E-state index contributed by atoms with van der Waals surface area (Å²) in [5.41, 5.74) is 3.97. The number of rotatable bonds is 2. The highest BCUT2D eigenvalue weighted by atomic mass is 19.2. The second kappa shape index (κ2) is 3.77. The molecule has 0 aliphatic heterocycles. The van der Waals surface area contributed by atoms with E-state index < -0.39 is 35.0 Å². The van der Waals surface area contributed by atoms with Gasteiger partial charge in [0.2, 0.25) is 5.78 Å². The maximum absolute atomic E-state index is 12.8. The molecule has 3 nitrogen and oxygen atoms in total. The van der Waals surface area contributed by atoms with Gasteiger partial charge in [0.25, 0.3) is 0 Å². The molecule has 1 atom stereocenters. The summed E-state index contributed by atoms with van der Waals surface area (Å²) in [6.45, 7) is 0. The van der Waals surface area contributed by atoms with E-state index in [1.54, 1.807) is 0 Å². The first-order chi connectivity index (χ1) is 6.43. The second-order valence-corrected chi connectivity index (χ2v) is 2.56. The summed E-state index contributed by atoms with van der Waals surface area (Å²) in [7, 11) is 0. The van der Waals surface area contributed by atoms with Crippen molar-refractivity contribution < 1.29 is 23.1 Å². The monoisotopic (exact) mass is 205 g/mol. The van der Waals surface area contributed by atoms with Crippen LogP contribution in [0.2, 0.25) is 0 Å². The molecule has 1 aromatic carbocycles. The van der Waals surface area contributed by atoms with Crippen LogP contribution in [-0.2, 0) is 0 Å². The zero-order chi connectivity index (χ0) is 10.9. The maximum atomic E-state index is 12.8. The Labute approximate surface area is 77.0 Å².